The Labute approximate surface area is 125 Å². The molecule has 2 aromatic rings. The van der Waals surface area contributed by atoms with Gasteiger partial charge >= 0.3 is 6.18 Å². The number of hydrogen-bond donors (Lipinski definition) is 1. The van der Waals surface area contributed by atoms with E-state index in [-0.39, 0.29) is 12.4 Å². The van der Waals surface area contributed by atoms with Crippen molar-refractivity contribution in [3.63, 3.8) is 0 Å². The topological polar surface area (TPSA) is 50.7 Å². The molecule has 0 unspecified atom stereocenters. The molecule has 1 aliphatic heterocycles. The van der Waals surface area contributed by atoms with Crippen molar-refractivity contribution in [3.8, 4) is 0 Å². The van der Waals surface area contributed by atoms with Crippen LogP contribution in [-0.2, 0) is 6.18 Å². The van der Waals surface area contributed by atoms with Crippen LogP contribution in [0.25, 0.3) is 0 Å². The first-order valence-electron chi connectivity index (χ1n) is 6.59. The third kappa shape index (κ3) is 2.72. The molecule has 3 rings (SSSR count). The molecule has 2 N–H and O–H groups in total. The quantitative estimate of drug-likeness (QED) is 0.860. The highest BCUT2D eigenvalue weighted by Gasteiger charge is 2.32. The van der Waals surface area contributed by atoms with E-state index in [2.05, 4.69) is 9.98 Å². The summed E-state index contributed by atoms with van der Waals surface area (Å²) in [5.41, 5.74) is 6.93. The fraction of sp³-hybridized carbons (Fsp3) is 0.125. The molecule has 0 fully saturated rings. The SMILES string of the molecule is NC1=Nc2ccc(C(F)(F)F)cc2C(c2ccccc2)=NC1. The molecule has 3 nitrogen and oxygen atoms in total. The van der Waals surface area contributed by atoms with E-state index in [0.29, 0.717) is 17.0 Å². The van der Waals surface area contributed by atoms with Crippen molar-refractivity contribution in [3.05, 3.63) is 65.2 Å². The molecule has 1 heterocycles. The first-order valence-corrected chi connectivity index (χ1v) is 6.59. The van der Waals surface area contributed by atoms with E-state index in [1.807, 2.05) is 6.07 Å². The maximum atomic E-state index is 13.0. The second-order valence-corrected chi connectivity index (χ2v) is 4.86. The van der Waals surface area contributed by atoms with Gasteiger partial charge in [0.25, 0.3) is 0 Å². The molecule has 0 atom stereocenters. The number of halogens is 3. The lowest BCUT2D eigenvalue weighted by atomic mass is 9.98. The van der Waals surface area contributed by atoms with Crippen LogP contribution in [0.3, 0.4) is 0 Å². The third-order valence-electron chi connectivity index (χ3n) is 3.29. The summed E-state index contributed by atoms with van der Waals surface area (Å²) in [5.74, 6) is 0.270. The van der Waals surface area contributed by atoms with Crippen molar-refractivity contribution in [1.29, 1.82) is 0 Å². The number of rotatable bonds is 1. The van der Waals surface area contributed by atoms with Crippen molar-refractivity contribution in [2.45, 2.75) is 6.18 Å². The molecular formula is C16H12F3N3. The molecule has 112 valence electrons. The summed E-state index contributed by atoms with van der Waals surface area (Å²) in [6.45, 7) is 0.153. The highest BCUT2D eigenvalue weighted by molar-refractivity contribution is 6.17. The first-order chi connectivity index (χ1) is 10.4. The fourth-order valence-electron chi connectivity index (χ4n) is 2.28. The predicted molar refractivity (Wildman–Crippen MR) is 79.7 cm³/mol. The molecule has 0 saturated carbocycles. The summed E-state index contributed by atoms with van der Waals surface area (Å²) in [7, 11) is 0. The van der Waals surface area contributed by atoms with Crippen LogP contribution in [0.1, 0.15) is 16.7 Å². The molecule has 22 heavy (non-hydrogen) atoms. The minimum Gasteiger partial charge on any atom is -0.386 e. The first kappa shape index (κ1) is 14.3. The Balaban J connectivity index is 2.21. The van der Waals surface area contributed by atoms with Gasteiger partial charge in [0.2, 0.25) is 0 Å². The van der Waals surface area contributed by atoms with Crippen molar-refractivity contribution in [2.75, 3.05) is 6.54 Å². The molecule has 2 aromatic carbocycles. The van der Waals surface area contributed by atoms with E-state index in [4.69, 9.17) is 5.73 Å². The zero-order valence-electron chi connectivity index (χ0n) is 11.4. The van der Waals surface area contributed by atoms with Crippen molar-refractivity contribution in [2.24, 2.45) is 15.7 Å². The maximum absolute atomic E-state index is 13.0. The van der Waals surface area contributed by atoms with Crippen LogP contribution in [0.5, 0.6) is 0 Å². The molecule has 6 heteroatoms. The lowest BCUT2D eigenvalue weighted by molar-refractivity contribution is -0.137. The summed E-state index contributed by atoms with van der Waals surface area (Å²) in [4.78, 5) is 8.48. The minimum atomic E-state index is -4.42. The summed E-state index contributed by atoms with van der Waals surface area (Å²) < 4.78 is 38.9. The zero-order chi connectivity index (χ0) is 15.7. The van der Waals surface area contributed by atoms with Gasteiger partial charge in [-0.25, -0.2) is 4.99 Å². The number of benzene rings is 2. The average molecular weight is 303 g/mol. The smallest absolute Gasteiger partial charge is 0.386 e. The number of hydrogen-bond acceptors (Lipinski definition) is 3. The molecule has 0 bridgehead atoms. The number of fused-ring (bicyclic) bond motifs is 1. The Hall–Kier alpha value is -2.63. The largest absolute Gasteiger partial charge is 0.416 e. The van der Waals surface area contributed by atoms with Gasteiger partial charge in [-0.3, -0.25) is 4.99 Å². The lowest BCUT2D eigenvalue weighted by Gasteiger charge is -2.12. The Morgan fingerprint density at radius 2 is 1.73 bits per heavy atom. The van der Waals surface area contributed by atoms with E-state index in [1.165, 1.54) is 6.07 Å². The molecule has 0 saturated heterocycles. The highest BCUT2D eigenvalue weighted by atomic mass is 19.4. The zero-order valence-corrected chi connectivity index (χ0v) is 11.4. The summed E-state index contributed by atoms with van der Waals surface area (Å²) in [6.07, 6.45) is -4.42. The number of nitrogens with zero attached hydrogens (tertiary/aromatic N) is 2. The van der Waals surface area contributed by atoms with Crippen LogP contribution in [0.2, 0.25) is 0 Å². The number of nitrogens with two attached hydrogens (primary N) is 1. The van der Waals surface area contributed by atoms with E-state index >= 15 is 0 Å². The van der Waals surface area contributed by atoms with Crippen LogP contribution in [0.4, 0.5) is 18.9 Å². The van der Waals surface area contributed by atoms with Gasteiger partial charge < -0.3 is 5.73 Å². The number of amidine groups is 1. The van der Waals surface area contributed by atoms with Crippen molar-refractivity contribution >= 4 is 17.2 Å². The normalized spacial score (nSPS) is 14.7. The standard InChI is InChI=1S/C16H12F3N3/c17-16(18,19)11-6-7-13-12(8-11)15(21-9-14(20)22-13)10-4-2-1-3-5-10/h1-8H,9H2,(H2,20,22). The Morgan fingerprint density at radius 3 is 2.41 bits per heavy atom. The lowest BCUT2D eigenvalue weighted by Crippen LogP contribution is -2.14. The van der Waals surface area contributed by atoms with Gasteiger partial charge in [-0.05, 0) is 18.2 Å². The van der Waals surface area contributed by atoms with Crippen molar-refractivity contribution < 1.29 is 13.2 Å². The molecule has 0 aromatic heterocycles. The van der Waals surface area contributed by atoms with Gasteiger partial charge in [0.1, 0.15) is 5.84 Å². The van der Waals surface area contributed by atoms with Gasteiger partial charge in [-0.1, -0.05) is 30.3 Å². The van der Waals surface area contributed by atoms with E-state index in [0.717, 1.165) is 17.7 Å². The van der Waals surface area contributed by atoms with E-state index in [1.54, 1.807) is 24.3 Å². The van der Waals surface area contributed by atoms with Gasteiger partial charge in [-0.15, -0.1) is 0 Å². The monoisotopic (exact) mass is 303 g/mol. The van der Waals surface area contributed by atoms with Crippen LogP contribution in [-0.4, -0.2) is 18.1 Å². The molecule has 0 spiro atoms. The highest BCUT2D eigenvalue weighted by Crippen LogP contribution is 2.34. The van der Waals surface area contributed by atoms with Gasteiger partial charge in [0, 0.05) is 11.1 Å². The van der Waals surface area contributed by atoms with Crippen LogP contribution in [0, 0.1) is 0 Å². The fourth-order valence-corrected chi connectivity index (χ4v) is 2.28. The van der Waals surface area contributed by atoms with E-state index < -0.39 is 11.7 Å². The minimum absolute atomic E-state index is 0.153. The molecule has 0 amide bonds. The summed E-state index contributed by atoms with van der Waals surface area (Å²) in [6, 6.07) is 12.4. The maximum Gasteiger partial charge on any atom is 0.416 e. The second kappa shape index (κ2) is 5.29. The van der Waals surface area contributed by atoms with Crippen LogP contribution in [0.15, 0.2) is 58.5 Å². The molecule has 0 aliphatic carbocycles. The summed E-state index contributed by atoms with van der Waals surface area (Å²) >= 11 is 0. The Morgan fingerprint density at radius 1 is 1.00 bits per heavy atom. The Bertz CT molecular complexity index is 762. The molecule has 1 aliphatic rings. The number of aliphatic imine (C=N–C) groups is 2. The van der Waals surface area contributed by atoms with Crippen LogP contribution < -0.4 is 5.73 Å². The predicted octanol–water partition coefficient (Wildman–Crippen LogP) is 3.55. The molecule has 0 radical (unpaired) electrons. The average Bonchev–Trinajstić information content (AvgIpc) is 2.65. The van der Waals surface area contributed by atoms with Gasteiger partial charge in [-0.2, -0.15) is 13.2 Å². The van der Waals surface area contributed by atoms with Gasteiger partial charge in [0.15, 0.2) is 0 Å². The van der Waals surface area contributed by atoms with Gasteiger partial charge in [0.05, 0.1) is 23.5 Å². The third-order valence-corrected chi connectivity index (χ3v) is 3.29. The van der Waals surface area contributed by atoms with Crippen LogP contribution >= 0.6 is 0 Å². The Kier molecular flexibility index (Phi) is 3.44. The van der Waals surface area contributed by atoms with Crippen molar-refractivity contribution in [1.82, 2.24) is 0 Å². The van der Waals surface area contributed by atoms with E-state index in [9.17, 15) is 13.2 Å². The second-order valence-electron chi connectivity index (χ2n) is 4.86. The number of alkyl halides is 3. The molecular weight excluding hydrogens is 291 g/mol. The summed E-state index contributed by atoms with van der Waals surface area (Å²) in [5, 5.41) is 0.